The summed E-state index contributed by atoms with van der Waals surface area (Å²) in [5, 5.41) is 21.1. The number of hydrogen-bond donors (Lipinski definition) is 2. The Hall–Kier alpha value is -4.03. The van der Waals surface area contributed by atoms with Crippen LogP contribution in [0.3, 0.4) is 0 Å². The van der Waals surface area contributed by atoms with E-state index in [1.54, 1.807) is 19.9 Å². The van der Waals surface area contributed by atoms with E-state index < -0.39 is 23.6 Å². The average molecular weight is 488 g/mol. The molecule has 10 heteroatoms. The van der Waals surface area contributed by atoms with E-state index in [2.05, 4.69) is 5.32 Å². The minimum absolute atomic E-state index is 0.0368. The van der Waals surface area contributed by atoms with E-state index in [0.29, 0.717) is 17.0 Å². The number of aromatic nitrogens is 1. The van der Waals surface area contributed by atoms with E-state index in [9.17, 15) is 28.0 Å². The molecule has 34 heavy (non-hydrogen) atoms. The smallest absolute Gasteiger partial charge is 0.416 e. The van der Waals surface area contributed by atoms with Crippen LogP contribution in [0.15, 0.2) is 54.1 Å². The number of alkyl halides is 3. The Morgan fingerprint density at radius 2 is 1.76 bits per heavy atom. The first-order valence-electron chi connectivity index (χ1n) is 9.75. The SMILES string of the molecule is Cc1cc(/C=C(/C#N)C(=O)Nc2ccc(C(=O)O)cc2)c(C)n1-c1cc(C(F)(F)F)ccc1Cl. The summed E-state index contributed by atoms with van der Waals surface area (Å²) in [7, 11) is 0. The zero-order chi connectivity index (χ0) is 25.2. The van der Waals surface area contributed by atoms with Crippen molar-refractivity contribution in [1.29, 1.82) is 5.26 Å². The predicted octanol–water partition coefficient (Wildman–Crippen LogP) is 6.01. The molecule has 2 N–H and O–H groups in total. The van der Waals surface area contributed by atoms with Gasteiger partial charge in [-0.05, 0) is 74.0 Å². The van der Waals surface area contributed by atoms with E-state index in [1.165, 1.54) is 34.9 Å². The van der Waals surface area contributed by atoms with Gasteiger partial charge in [0, 0.05) is 17.1 Å². The van der Waals surface area contributed by atoms with Gasteiger partial charge in [0.05, 0.1) is 21.8 Å². The molecule has 0 aliphatic rings. The molecule has 174 valence electrons. The van der Waals surface area contributed by atoms with E-state index in [0.717, 1.165) is 18.2 Å². The molecule has 0 aliphatic carbocycles. The van der Waals surface area contributed by atoms with Gasteiger partial charge in [0.2, 0.25) is 0 Å². The second-order valence-corrected chi connectivity index (χ2v) is 7.74. The van der Waals surface area contributed by atoms with Crippen molar-refractivity contribution in [3.05, 3.63) is 87.2 Å². The van der Waals surface area contributed by atoms with Crippen LogP contribution in [0.4, 0.5) is 18.9 Å². The van der Waals surface area contributed by atoms with Crippen molar-refractivity contribution in [1.82, 2.24) is 4.57 Å². The van der Waals surface area contributed by atoms with Gasteiger partial charge in [-0.2, -0.15) is 18.4 Å². The Morgan fingerprint density at radius 1 is 1.12 bits per heavy atom. The fourth-order valence-corrected chi connectivity index (χ4v) is 3.57. The molecule has 1 heterocycles. The van der Waals surface area contributed by atoms with Crippen molar-refractivity contribution in [3.8, 4) is 11.8 Å². The van der Waals surface area contributed by atoms with Gasteiger partial charge in [0.1, 0.15) is 11.6 Å². The summed E-state index contributed by atoms with van der Waals surface area (Å²) >= 11 is 6.18. The Bertz CT molecular complexity index is 1350. The molecule has 3 aromatic rings. The van der Waals surface area contributed by atoms with Gasteiger partial charge < -0.3 is 15.0 Å². The van der Waals surface area contributed by atoms with Gasteiger partial charge in [0.15, 0.2) is 0 Å². The monoisotopic (exact) mass is 487 g/mol. The molecule has 0 saturated heterocycles. The minimum Gasteiger partial charge on any atom is -0.478 e. The molecular weight excluding hydrogens is 471 g/mol. The summed E-state index contributed by atoms with van der Waals surface area (Å²) in [4.78, 5) is 23.5. The largest absolute Gasteiger partial charge is 0.478 e. The number of carbonyl (C=O) groups is 2. The van der Waals surface area contributed by atoms with Crippen LogP contribution in [-0.2, 0) is 11.0 Å². The molecule has 0 aliphatic heterocycles. The lowest BCUT2D eigenvalue weighted by atomic mass is 10.1. The zero-order valence-corrected chi connectivity index (χ0v) is 18.6. The summed E-state index contributed by atoms with van der Waals surface area (Å²) in [6.07, 6.45) is -3.23. The molecule has 2 aromatic carbocycles. The standard InChI is InChI=1S/C24H17ClF3N3O3/c1-13-9-16(14(2)31(13)21-11-18(24(26,27)28)5-8-20(21)25)10-17(12-29)22(32)30-19-6-3-15(4-7-19)23(33)34/h3-11H,1-2H3,(H,30,32)(H,33,34)/b17-10-. The van der Waals surface area contributed by atoms with Crippen LogP contribution < -0.4 is 5.32 Å². The highest BCUT2D eigenvalue weighted by molar-refractivity contribution is 6.32. The Balaban J connectivity index is 1.96. The first kappa shape index (κ1) is 24.6. The number of nitriles is 1. The maximum atomic E-state index is 13.2. The zero-order valence-electron chi connectivity index (χ0n) is 17.9. The van der Waals surface area contributed by atoms with E-state index in [-0.39, 0.29) is 27.5 Å². The Labute approximate surface area is 197 Å². The summed E-state index contributed by atoms with van der Waals surface area (Å²) in [5.41, 5.74) is 0.802. The lowest BCUT2D eigenvalue weighted by Gasteiger charge is -2.15. The lowest BCUT2D eigenvalue weighted by Crippen LogP contribution is -2.13. The predicted molar refractivity (Wildman–Crippen MR) is 121 cm³/mol. The third-order valence-electron chi connectivity index (χ3n) is 5.04. The van der Waals surface area contributed by atoms with Gasteiger partial charge >= 0.3 is 12.1 Å². The van der Waals surface area contributed by atoms with Gasteiger partial charge in [-0.15, -0.1) is 0 Å². The fourth-order valence-electron chi connectivity index (χ4n) is 3.36. The molecule has 3 rings (SSSR count). The number of carbonyl (C=O) groups excluding carboxylic acids is 1. The highest BCUT2D eigenvalue weighted by Crippen LogP contribution is 2.35. The number of aryl methyl sites for hydroxylation is 1. The van der Waals surface area contributed by atoms with E-state index >= 15 is 0 Å². The average Bonchev–Trinajstić information content (AvgIpc) is 3.04. The fraction of sp³-hybridized carbons (Fsp3) is 0.125. The minimum atomic E-state index is -4.55. The number of rotatable bonds is 5. The van der Waals surface area contributed by atoms with Gasteiger partial charge in [0.25, 0.3) is 5.91 Å². The number of amides is 1. The molecule has 0 radical (unpaired) electrons. The number of nitrogens with zero attached hydrogens (tertiary/aromatic N) is 2. The van der Waals surface area contributed by atoms with E-state index in [1.807, 2.05) is 6.07 Å². The summed E-state index contributed by atoms with van der Waals surface area (Å²) < 4.78 is 41.1. The molecule has 0 saturated carbocycles. The lowest BCUT2D eigenvalue weighted by molar-refractivity contribution is -0.137. The second-order valence-electron chi connectivity index (χ2n) is 7.33. The molecule has 0 fully saturated rings. The topological polar surface area (TPSA) is 95.1 Å². The Morgan fingerprint density at radius 3 is 2.32 bits per heavy atom. The molecule has 6 nitrogen and oxygen atoms in total. The van der Waals surface area contributed by atoms with Crippen LogP contribution in [-0.4, -0.2) is 21.6 Å². The maximum absolute atomic E-state index is 13.2. The first-order valence-corrected chi connectivity index (χ1v) is 10.1. The highest BCUT2D eigenvalue weighted by Gasteiger charge is 2.31. The number of anilines is 1. The number of halogens is 4. The van der Waals surface area contributed by atoms with Crippen molar-refractivity contribution in [2.45, 2.75) is 20.0 Å². The molecule has 0 unspecified atom stereocenters. The Kier molecular flexibility index (Phi) is 6.84. The van der Waals surface area contributed by atoms with Crippen LogP contribution in [0.2, 0.25) is 5.02 Å². The number of nitrogens with one attached hydrogen (secondary N) is 1. The highest BCUT2D eigenvalue weighted by atomic mass is 35.5. The summed E-state index contributed by atoms with van der Waals surface area (Å²) in [5.74, 6) is -1.85. The van der Waals surface area contributed by atoms with Crippen molar-refractivity contribution >= 4 is 35.2 Å². The maximum Gasteiger partial charge on any atom is 0.416 e. The first-order chi connectivity index (χ1) is 15.9. The normalized spacial score (nSPS) is 11.7. The summed E-state index contributed by atoms with van der Waals surface area (Å²) in [6, 6.07) is 11.8. The third-order valence-corrected chi connectivity index (χ3v) is 5.36. The van der Waals surface area contributed by atoms with Crippen molar-refractivity contribution in [2.24, 2.45) is 0 Å². The van der Waals surface area contributed by atoms with Crippen LogP contribution in [0.5, 0.6) is 0 Å². The van der Waals surface area contributed by atoms with Crippen molar-refractivity contribution in [2.75, 3.05) is 5.32 Å². The van der Waals surface area contributed by atoms with Crippen molar-refractivity contribution in [3.63, 3.8) is 0 Å². The van der Waals surface area contributed by atoms with Crippen molar-refractivity contribution < 1.29 is 27.9 Å². The van der Waals surface area contributed by atoms with Gasteiger partial charge in [-0.1, -0.05) is 11.6 Å². The number of aromatic carboxylic acids is 1. The molecular formula is C24H17ClF3N3O3. The van der Waals surface area contributed by atoms with Gasteiger partial charge in [-0.25, -0.2) is 4.79 Å². The summed E-state index contributed by atoms with van der Waals surface area (Å²) in [6.45, 7) is 3.30. The van der Waals surface area contributed by atoms with Crippen LogP contribution >= 0.6 is 11.6 Å². The van der Waals surface area contributed by atoms with Crippen LogP contribution in [0, 0.1) is 25.2 Å². The number of hydrogen-bond acceptors (Lipinski definition) is 3. The van der Waals surface area contributed by atoms with E-state index in [4.69, 9.17) is 16.7 Å². The third kappa shape index (κ3) is 5.13. The van der Waals surface area contributed by atoms with Gasteiger partial charge in [-0.3, -0.25) is 4.79 Å². The number of carboxylic acids is 1. The molecule has 0 atom stereocenters. The second kappa shape index (κ2) is 9.45. The van der Waals surface area contributed by atoms with Crippen LogP contribution in [0.25, 0.3) is 11.8 Å². The molecule has 1 aromatic heterocycles. The number of benzene rings is 2. The molecule has 1 amide bonds. The number of carboxylic acid groups (broad SMARTS) is 1. The van der Waals surface area contributed by atoms with Crippen LogP contribution in [0.1, 0.15) is 32.9 Å². The molecule has 0 spiro atoms. The molecule has 0 bridgehead atoms. The quantitative estimate of drug-likeness (QED) is 0.340.